The lowest BCUT2D eigenvalue weighted by atomic mass is 9.95. The average Bonchev–Trinajstić information content (AvgIpc) is 2.49. The van der Waals surface area contributed by atoms with Gasteiger partial charge in [-0.2, -0.15) is 0 Å². The van der Waals surface area contributed by atoms with Gasteiger partial charge < -0.3 is 15.8 Å². The highest BCUT2D eigenvalue weighted by Gasteiger charge is 2.20. The van der Waals surface area contributed by atoms with Crippen LogP contribution < -0.4 is 15.8 Å². The Hall–Kier alpha value is -1.55. The molecule has 0 aliphatic heterocycles. The number of benzene rings is 1. The second-order valence-corrected chi connectivity index (χ2v) is 5.79. The maximum absolute atomic E-state index is 12.2. The van der Waals surface area contributed by atoms with Crippen molar-refractivity contribution >= 4 is 5.91 Å². The summed E-state index contributed by atoms with van der Waals surface area (Å²) in [6, 6.07) is 8.11. The quantitative estimate of drug-likeness (QED) is 0.845. The lowest BCUT2D eigenvalue weighted by Crippen LogP contribution is -2.43. The van der Waals surface area contributed by atoms with Crippen molar-refractivity contribution in [3.63, 3.8) is 0 Å². The molecular formula is C17H26N2O2. The van der Waals surface area contributed by atoms with Gasteiger partial charge >= 0.3 is 0 Å². The van der Waals surface area contributed by atoms with Crippen LogP contribution in [-0.4, -0.2) is 24.6 Å². The highest BCUT2D eigenvalue weighted by Crippen LogP contribution is 2.18. The molecule has 1 aliphatic rings. The number of hydrogen-bond donors (Lipinski definition) is 2. The first-order valence-electron chi connectivity index (χ1n) is 7.95. The van der Waals surface area contributed by atoms with Crippen molar-refractivity contribution in [3.05, 3.63) is 29.8 Å². The Balaban J connectivity index is 1.86. The molecule has 1 amide bonds. The highest BCUT2D eigenvalue weighted by atomic mass is 16.5. The second-order valence-electron chi connectivity index (χ2n) is 5.79. The van der Waals surface area contributed by atoms with Crippen LogP contribution in [0.25, 0.3) is 0 Å². The van der Waals surface area contributed by atoms with Gasteiger partial charge in [-0.15, -0.1) is 0 Å². The van der Waals surface area contributed by atoms with Crippen molar-refractivity contribution in [2.75, 3.05) is 6.54 Å². The lowest BCUT2D eigenvalue weighted by Gasteiger charge is -2.24. The SMILES string of the molecule is CC(Oc1cccc(CCN)c1)C(=O)NC1CCCCC1. The number of rotatable bonds is 6. The molecule has 4 nitrogen and oxygen atoms in total. The zero-order chi connectivity index (χ0) is 15.1. The van der Waals surface area contributed by atoms with Gasteiger partial charge in [0.05, 0.1) is 0 Å². The number of nitrogens with two attached hydrogens (primary N) is 1. The van der Waals surface area contributed by atoms with E-state index in [0.29, 0.717) is 12.6 Å². The number of nitrogens with one attached hydrogen (secondary N) is 1. The largest absolute Gasteiger partial charge is 0.481 e. The number of amides is 1. The molecule has 0 bridgehead atoms. The van der Waals surface area contributed by atoms with Crippen LogP contribution in [0, 0.1) is 0 Å². The minimum absolute atomic E-state index is 0.0221. The Morgan fingerprint density at radius 3 is 2.86 bits per heavy atom. The Morgan fingerprint density at radius 2 is 2.14 bits per heavy atom. The zero-order valence-electron chi connectivity index (χ0n) is 12.8. The molecule has 4 heteroatoms. The van der Waals surface area contributed by atoms with E-state index in [0.717, 1.165) is 30.6 Å². The van der Waals surface area contributed by atoms with Crippen LogP contribution in [0.1, 0.15) is 44.6 Å². The standard InChI is InChI=1S/C17H26N2O2/c1-13(17(20)19-15-7-3-2-4-8-15)21-16-9-5-6-14(12-16)10-11-18/h5-6,9,12-13,15H,2-4,7-8,10-11,18H2,1H3,(H,19,20). The van der Waals surface area contributed by atoms with E-state index >= 15 is 0 Å². The predicted molar refractivity (Wildman–Crippen MR) is 84.3 cm³/mol. The first-order valence-corrected chi connectivity index (χ1v) is 7.95. The van der Waals surface area contributed by atoms with Gasteiger partial charge in [-0.05, 0) is 50.4 Å². The molecule has 3 N–H and O–H groups in total. The first kappa shape index (κ1) is 15.8. The zero-order valence-corrected chi connectivity index (χ0v) is 12.8. The van der Waals surface area contributed by atoms with Gasteiger partial charge in [-0.25, -0.2) is 0 Å². The van der Waals surface area contributed by atoms with Crippen molar-refractivity contribution in [3.8, 4) is 5.75 Å². The first-order chi connectivity index (χ1) is 10.2. The molecule has 1 aromatic rings. The third kappa shape index (κ3) is 5.05. The molecule has 116 valence electrons. The fourth-order valence-corrected chi connectivity index (χ4v) is 2.76. The van der Waals surface area contributed by atoms with E-state index in [-0.39, 0.29) is 5.91 Å². The number of carbonyl (C=O) groups excluding carboxylic acids is 1. The van der Waals surface area contributed by atoms with Crippen LogP contribution in [0.4, 0.5) is 0 Å². The van der Waals surface area contributed by atoms with Crippen LogP contribution in [0.3, 0.4) is 0 Å². The van der Waals surface area contributed by atoms with E-state index in [9.17, 15) is 4.79 Å². The smallest absolute Gasteiger partial charge is 0.260 e. The Bertz CT molecular complexity index is 456. The third-order valence-electron chi connectivity index (χ3n) is 3.97. The summed E-state index contributed by atoms with van der Waals surface area (Å²) < 4.78 is 5.75. The van der Waals surface area contributed by atoms with E-state index in [2.05, 4.69) is 5.32 Å². The van der Waals surface area contributed by atoms with Gasteiger partial charge in [-0.1, -0.05) is 31.4 Å². The molecule has 1 fully saturated rings. The van der Waals surface area contributed by atoms with Crippen LogP contribution >= 0.6 is 0 Å². The third-order valence-corrected chi connectivity index (χ3v) is 3.97. The summed E-state index contributed by atoms with van der Waals surface area (Å²) in [6.07, 6.45) is 6.23. The summed E-state index contributed by atoms with van der Waals surface area (Å²) in [5, 5.41) is 3.09. The molecule has 0 spiro atoms. The van der Waals surface area contributed by atoms with E-state index in [1.54, 1.807) is 6.92 Å². The number of hydrogen-bond acceptors (Lipinski definition) is 3. The molecule has 1 atom stereocenters. The van der Waals surface area contributed by atoms with Crippen LogP contribution in [-0.2, 0) is 11.2 Å². The van der Waals surface area contributed by atoms with Crippen molar-refractivity contribution in [1.82, 2.24) is 5.32 Å². The van der Waals surface area contributed by atoms with Gasteiger partial charge in [0.25, 0.3) is 5.91 Å². The Labute approximate surface area is 127 Å². The molecule has 2 rings (SSSR count). The molecule has 1 saturated carbocycles. The molecule has 0 radical (unpaired) electrons. The lowest BCUT2D eigenvalue weighted by molar-refractivity contribution is -0.128. The fraction of sp³-hybridized carbons (Fsp3) is 0.588. The minimum atomic E-state index is -0.472. The summed E-state index contributed by atoms with van der Waals surface area (Å²) in [5.41, 5.74) is 6.69. The Kier molecular flexibility index (Phi) is 6.05. The fourth-order valence-electron chi connectivity index (χ4n) is 2.76. The molecule has 21 heavy (non-hydrogen) atoms. The summed E-state index contributed by atoms with van der Waals surface area (Å²) >= 11 is 0. The molecular weight excluding hydrogens is 264 g/mol. The molecule has 1 aliphatic carbocycles. The van der Waals surface area contributed by atoms with Crippen LogP contribution in [0.15, 0.2) is 24.3 Å². The van der Waals surface area contributed by atoms with E-state index in [1.165, 1.54) is 19.3 Å². The summed E-state index contributed by atoms with van der Waals surface area (Å²) in [4.78, 5) is 12.2. The van der Waals surface area contributed by atoms with Crippen molar-refractivity contribution < 1.29 is 9.53 Å². The second kappa shape index (κ2) is 8.03. The van der Waals surface area contributed by atoms with Crippen molar-refractivity contribution in [2.24, 2.45) is 5.73 Å². The number of carbonyl (C=O) groups is 1. The van der Waals surface area contributed by atoms with Gasteiger partial charge in [0.1, 0.15) is 5.75 Å². The highest BCUT2D eigenvalue weighted by molar-refractivity contribution is 5.81. The maximum Gasteiger partial charge on any atom is 0.260 e. The summed E-state index contributed by atoms with van der Waals surface area (Å²) in [7, 11) is 0. The van der Waals surface area contributed by atoms with Gasteiger partial charge in [0.15, 0.2) is 6.10 Å². The molecule has 1 aromatic carbocycles. The van der Waals surface area contributed by atoms with E-state index in [1.807, 2.05) is 24.3 Å². The molecule has 0 saturated heterocycles. The number of ether oxygens (including phenoxy) is 1. The minimum Gasteiger partial charge on any atom is -0.481 e. The van der Waals surface area contributed by atoms with Crippen LogP contribution in [0.2, 0.25) is 0 Å². The molecule has 0 aromatic heterocycles. The Morgan fingerprint density at radius 1 is 1.38 bits per heavy atom. The topological polar surface area (TPSA) is 64.3 Å². The predicted octanol–water partition coefficient (Wildman–Crippen LogP) is 2.40. The summed E-state index contributed by atoms with van der Waals surface area (Å²) in [5.74, 6) is 0.707. The van der Waals surface area contributed by atoms with Gasteiger partial charge in [0.2, 0.25) is 0 Å². The summed E-state index contributed by atoms with van der Waals surface area (Å²) in [6.45, 7) is 2.41. The van der Waals surface area contributed by atoms with E-state index < -0.39 is 6.10 Å². The normalized spacial score (nSPS) is 17.2. The van der Waals surface area contributed by atoms with Gasteiger partial charge in [0, 0.05) is 6.04 Å². The average molecular weight is 290 g/mol. The van der Waals surface area contributed by atoms with Crippen molar-refractivity contribution in [2.45, 2.75) is 57.6 Å². The van der Waals surface area contributed by atoms with Gasteiger partial charge in [-0.3, -0.25) is 4.79 Å². The maximum atomic E-state index is 12.2. The van der Waals surface area contributed by atoms with Crippen molar-refractivity contribution in [1.29, 1.82) is 0 Å². The van der Waals surface area contributed by atoms with E-state index in [4.69, 9.17) is 10.5 Å². The molecule has 1 unspecified atom stereocenters. The molecule has 0 heterocycles. The monoisotopic (exact) mass is 290 g/mol. The van der Waals surface area contributed by atoms with Crippen LogP contribution in [0.5, 0.6) is 5.75 Å².